The first-order chi connectivity index (χ1) is 11.5. The van der Waals surface area contributed by atoms with Crippen LogP contribution in [0.1, 0.15) is 19.4 Å². The minimum atomic E-state index is -0.283. The van der Waals surface area contributed by atoms with Crippen molar-refractivity contribution in [3.8, 4) is 0 Å². The number of carbonyl (C=O) groups excluding carboxylic acids is 1. The lowest BCUT2D eigenvalue weighted by molar-refractivity contribution is -0.120. The topological polar surface area (TPSA) is 57.4 Å². The Bertz CT molecular complexity index is 705. The zero-order valence-electron chi connectivity index (χ0n) is 14.1. The Morgan fingerprint density at radius 1 is 1.38 bits per heavy atom. The average molecular weight is 333 g/mol. The zero-order valence-corrected chi connectivity index (χ0v) is 14.1. The number of fused-ring (bicyclic) bond motifs is 1. The third-order valence-corrected chi connectivity index (χ3v) is 4.33. The van der Waals surface area contributed by atoms with Crippen LogP contribution >= 0.6 is 0 Å². The molecule has 0 aliphatic carbocycles. The Kier molecular flexibility index (Phi) is 5.16. The fourth-order valence-corrected chi connectivity index (χ4v) is 3.36. The van der Waals surface area contributed by atoms with Crippen molar-refractivity contribution in [2.24, 2.45) is 0 Å². The first-order valence-electron chi connectivity index (χ1n) is 8.41. The second-order valence-corrected chi connectivity index (χ2v) is 6.55. The maximum absolute atomic E-state index is 13.2. The van der Waals surface area contributed by atoms with Gasteiger partial charge in [-0.15, -0.1) is 0 Å². The quantitative estimate of drug-likeness (QED) is 0.881. The molecule has 0 spiro atoms. The monoisotopic (exact) mass is 333 g/mol. The van der Waals surface area contributed by atoms with E-state index in [1.165, 1.54) is 12.1 Å². The van der Waals surface area contributed by atoms with Crippen LogP contribution < -0.4 is 5.32 Å². The highest BCUT2D eigenvalue weighted by atomic mass is 19.1. The molecule has 2 aromatic rings. The molecule has 1 aliphatic heterocycles. The lowest BCUT2D eigenvalue weighted by Gasteiger charge is -2.35. The summed E-state index contributed by atoms with van der Waals surface area (Å²) in [6.07, 6.45) is 2.53. The van der Waals surface area contributed by atoms with Crippen LogP contribution in [0.25, 0.3) is 10.9 Å². The van der Waals surface area contributed by atoms with Crippen LogP contribution in [-0.4, -0.2) is 54.2 Å². The number of aromatic amines is 1. The first-order valence-corrected chi connectivity index (χ1v) is 8.41. The molecule has 3 rings (SSSR count). The lowest BCUT2D eigenvalue weighted by atomic mass is 10.1. The highest BCUT2D eigenvalue weighted by Gasteiger charge is 2.21. The first kappa shape index (κ1) is 16.9. The molecule has 1 aromatic carbocycles. The van der Waals surface area contributed by atoms with Gasteiger partial charge in [-0.1, -0.05) is 0 Å². The van der Waals surface area contributed by atoms with Gasteiger partial charge in [-0.25, -0.2) is 4.39 Å². The number of carbonyl (C=O) groups is 1. The zero-order chi connectivity index (χ0) is 17.1. The maximum Gasteiger partial charge on any atom is 0.224 e. The molecule has 1 fully saturated rings. The summed E-state index contributed by atoms with van der Waals surface area (Å²) < 4.78 is 18.9. The molecule has 130 valence electrons. The molecule has 2 heterocycles. The van der Waals surface area contributed by atoms with Crippen molar-refractivity contribution in [3.63, 3.8) is 0 Å². The summed E-state index contributed by atoms with van der Waals surface area (Å²) in [5.74, 6) is -0.302. The number of nitrogens with zero attached hydrogens (tertiary/aromatic N) is 1. The van der Waals surface area contributed by atoms with E-state index in [2.05, 4.69) is 29.0 Å². The molecule has 2 N–H and O–H groups in total. The Balaban J connectivity index is 1.48. The van der Waals surface area contributed by atoms with Gasteiger partial charge in [0.05, 0.1) is 18.6 Å². The van der Waals surface area contributed by atoms with Gasteiger partial charge in [0, 0.05) is 43.3 Å². The van der Waals surface area contributed by atoms with Crippen LogP contribution in [0.3, 0.4) is 0 Å². The van der Waals surface area contributed by atoms with E-state index in [1.54, 1.807) is 12.3 Å². The summed E-state index contributed by atoms with van der Waals surface area (Å²) >= 11 is 0. The minimum Gasteiger partial charge on any atom is -0.373 e. The molecule has 5 nitrogen and oxygen atoms in total. The van der Waals surface area contributed by atoms with E-state index in [0.29, 0.717) is 18.5 Å². The molecule has 0 saturated carbocycles. The molecule has 1 aromatic heterocycles. The number of ether oxygens (including phenoxy) is 1. The summed E-state index contributed by atoms with van der Waals surface area (Å²) in [5.41, 5.74) is 1.60. The summed E-state index contributed by atoms with van der Waals surface area (Å²) in [7, 11) is 0. The molecule has 1 amide bonds. The van der Waals surface area contributed by atoms with Gasteiger partial charge in [-0.05, 0) is 37.6 Å². The number of hydrogen-bond acceptors (Lipinski definition) is 3. The van der Waals surface area contributed by atoms with E-state index in [9.17, 15) is 9.18 Å². The molecule has 1 aliphatic rings. The van der Waals surface area contributed by atoms with E-state index in [-0.39, 0.29) is 23.9 Å². The number of nitrogens with one attached hydrogen (secondary N) is 2. The van der Waals surface area contributed by atoms with Gasteiger partial charge >= 0.3 is 0 Å². The molecule has 2 atom stereocenters. The highest BCUT2D eigenvalue weighted by Crippen LogP contribution is 2.19. The molecule has 2 unspecified atom stereocenters. The Morgan fingerprint density at radius 2 is 2.12 bits per heavy atom. The van der Waals surface area contributed by atoms with Gasteiger partial charge in [0.1, 0.15) is 5.82 Å². The third kappa shape index (κ3) is 4.13. The second-order valence-electron chi connectivity index (χ2n) is 6.55. The minimum absolute atomic E-state index is 0.0189. The predicted molar refractivity (Wildman–Crippen MR) is 91.4 cm³/mol. The van der Waals surface area contributed by atoms with Gasteiger partial charge in [-0.2, -0.15) is 0 Å². The number of morpholine rings is 1. The molecule has 0 radical (unpaired) electrons. The van der Waals surface area contributed by atoms with Gasteiger partial charge in [-0.3, -0.25) is 9.69 Å². The summed E-state index contributed by atoms with van der Waals surface area (Å²) in [6, 6.07) is 4.57. The third-order valence-electron chi connectivity index (χ3n) is 4.33. The smallest absolute Gasteiger partial charge is 0.224 e. The number of halogens is 1. The normalized spacial score (nSPS) is 22.0. The number of amides is 1. The van der Waals surface area contributed by atoms with Crippen molar-refractivity contribution < 1.29 is 13.9 Å². The van der Waals surface area contributed by atoms with Gasteiger partial charge in [0.2, 0.25) is 5.91 Å². The van der Waals surface area contributed by atoms with Crippen LogP contribution in [0, 0.1) is 5.82 Å². The van der Waals surface area contributed by atoms with Gasteiger partial charge in [0.25, 0.3) is 0 Å². The van der Waals surface area contributed by atoms with E-state index in [4.69, 9.17) is 4.74 Å². The molecule has 24 heavy (non-hydrogen) atoms. The Hall–Kier alpha value is -1.92. The SMILES string of the molecule is CC1CN(CCNC(=O)Cc2c[nH]c3cc(F)ccc23)CC(C)O1. The number of rotatable bonds is 5. The summed E-state index contributed by atoms with van der Waals surface area (Å²) in [4.78, 5) is 17.5. The molecular weight excluding hydrogens is 309 g/mol. The molecular formula is C18H24FN3O2. The van der Waals surface area contributed by atoms with Crippen LogP contribution in [0.15, 0.2) is 24.4 Å². The molecule has 6 heteroatoms. The van der Waals surface area contributed by atoms with E-state index in [0.717, 1.165) is 30.6 Å². The van der Waals surface area contributed by atoms with Gasteiger partial charge in [0.15, 0.2) is 0 Å². The standard InChI is InChI=1S/C18H24FN3O2/c1-12-10-22(11-13(2)24-12)6-5-20-18(23)7-14-9-21-17-8-15(19)3-4-16(14)17/h3-4,8-9,12-13,21H,5-7,10-11H2,1-2H3,(H,20,23). The molecule has 1 saturated heterocycles. The number of aromatic nitrogens is 1. The highest BCUT2D eigenvalue weighted by molar-refractivity contribution is 5.88. The van der Waals surface area contributed by atoms with Gasteiger partial charge < -0.3 is 15.0 Å². The van der Waals surface area contributed by atoms with Crippen LogP contribution in [0.2, 0.25) is 0 Å². The van der Waals surface area contributed by atoms with E-state index < -0.39 is 0 Å². The lowest BCUT2D eigenvalue weighted by Crippen LogP contribution is -2.48. The van der Waals surface area contributed by atoms with Crippen molar-refractivity contribution in [1.82, 2.24) is 15.2 Å². The predicted octanol–water partition coefficient (Wildman–Crippen LogP) is 2.07. The summed E-state index contributed by atoms with van der Waals surface area (Å²) in [6.45, 7) is 7.38. The maximum atomic E-state index is 13.2. The number of hydrogen-bond donors (Lipinski definition) is 2. The van der Waals surface area contributed by atoms with Crippen LogP contribution in [0.4, 0.5) is 4.39 Å². The van der Waals surface area contributed by atoms with Crippen molar-refractivity contribution in [2.75, 3.05) is 26.2 Å². The Labute approximate surface area is 141 Å². The largest absolute Gasteiger partial charge is 0.373 e. The number of H-pyrrole nitrogens is 1. The fourth-order valence-electron chi connectivity index (χ4n) is 3.36. The van der Waals surface area contributed by atoms with E-state index >= 15 is 0 Å². The van der Waals surface area contributed by atoms with Crippen molar-refractivity contribution in [3.05, 3.63) is 35.8 Å². The fraction of sp³-hybridized carbons (Fsp3) is 0.500. The average Bonchev–Trinajstić information content (AvgIpc) is 2.88. The van der Waals surface area contributed by atoms with Crippen molar-refractivity contribution in [2.45, 2.75) is 32.5 Å². The number of benzene rings is 1. The van der Waals surface area contributed by atoms with Crippen LogP contribution in [0.5, 0.6) is 0 Å². The Morgan fingerprint density at radius 3 is 2.88 bits per heavy atom. The summed E-state index contributed by atoms with van der Waals surface area (Å²) in [5, 5.41) is 3.86. The second kappa shape index (κ2) is 7.32. The van der Waals surface area contributed by atoms with Crippen molar-refractivity contribution in [1.29, 1.82) is 0 Å². The van der Waals surface area contributed by atoms with Crippen LogP contribution in [-0.2, 0) is 16.0 Å². The van der Waals surface area contributed by atoms with E-state index in [1.807, 2.05) is 0 Å². The van der Waals surface area contributed by atoms with Crippen molar-refractivity contribution >= 4 is 16.8 Å². The molecule has 0 bridgehead atoms.